The molecule has 0 amide bonds. The number of hydrogen-bond acceptors (Lipinski definition) is 4. The van der Waals surface area contributed by atoms with E-state index in [0.29, 0.717) is 18.5 Å². The maximum atomic E-state index is 13.1. The summed E-state index contributed by atoms with van der Waals surface area (Å²) >= 11 is 0. The molecule has 7 heteroatoms. The molecular formula is C36H46Cl2N2O3. The number of nitrogens with zero attached hydrogens (tertiary/aromatic N) is 2. The van der Waals surface area contributed by atoms with E-state index in [1.165, 1.54) is 35.1 Å². The fourth-order valence-corrected chi connectivity index (χ4v) is 6.60. The molecule has 1 fully saturated rings. The topological polar surface area (TPSA) is 60.9 Å². The summed E-state index contributed by atoms with van der Waals surface area (Å²) < 4.78 is 0. The number of halogens is 2. The van der Waals surface area contributed by atoms with Crippen LogP contribution in [-0.2, 0) is 25.9 Å². The number of hydrogen-bond donors (Lipinski definition) is 1. The first-order valence-electron chi connectivity index (χ1n) is 15.3. The highest BCUT2D eigenvalue weighted by Gasteiger charge is 2.21. The van der Waals surface area contributed by atoms with Crippen molar-refractivity contribution in [3.8, 4) is 0 Å². The van der Waals surface area contributed by atoms with Crippen LogP contribution in [0, 0.1) is 19.8 Å². The van der Waals surface area contributed by atoms with E-state index in [1.807, 2.05) is 25.1 Å². The van der Waals surface area contributed by atoms with Gasteiger partial charge in [-0.25, -0.2) is 4.79 Å². The smallest absolute Gasteiger partial charge is 0.336 e. The Bertz CT molecular complexity index is 1380. The Hall–Kier alpha value is -2.70. The average molecular weight is 626 g/mol. The molecule has 2 aliphatic rings. The van der Waals surface area contributed by atoms with Crippen molar-refractivity contribution in [2.45, 2.75) is 71.9 Å². The Kier molecular flexibility index (Phi) is 13.3. The van der Waals surface area contributed by atoms with Crippen LogP contribution in [-0.4, -0.2) is 52.8 Å². The number of ketones is 1. The summed E-state index contributed by atoms with van der Waals surface area (Å²) in [5.41, 5.74) is 8.55. The number of Topliss-reactive ketones (excluding diaryl/α,β-unsaturated/α-hetero) is 1. The van der Waals surface area contributed by atoms with Crippen molar-refractivity contribution in [1.82, 2.24) is 9.80 Å². The molecule has 0 spiro atoms. The zero-order valence-electron chi connectivity index (χ0n) is 25.5. The lowest BCUT2D eigenvalue weighted by atomic mass is 9.90. The van der Waals surface area contributed by atoms with Crippen LogP contribution >= 0.6 is 24.8 Å². The summed E-state index contributed by atoms with van der Waals surface area (Å²) in [7, 11) is 0. The van der Waals surface area contributed by atoms with Gasteiger partial charge in [-0.1, -0.05) is 48.5 Å². The molecule has 0 atom stereocenters. The van der Waals surface area contributed by atoms with E-state index in [0.717, 1.165) is 81.0 Å². The number of aryl methyl sites for hydroxylation is 2. The van der Waals surface area contributed by atoms with Gasteiger partial charge in [-0.2, -0.15) is 0 Å². The molecule has 0 radical (unpaired) electrons. The molecule has 0 saturated carbocycles. The van der Waals surface area contributed by atoms with Gasteiger partial charge in [-0.15, -0.1) is 24.8 Å². The molecule has 232 valence electrons. The van der Waals surface area contributed by atoms with E-state index in [9.17, 15) is 14.7 Å². The number of carbonyl (C=O) groups is 2. The summed E-state index contributed by atoms with van der Waals surface area (Å²) in [6.07, 6.45) is 6.99. The fourth-order valence-electron chi connectivity index (χ4n) is 6.60. The summed E-state index contributed by atoms with van der Waals surface area (Å²) in [5.74, 6) is 0.120. The highest BCUT2D eigenvalue weighted by molar-refractivity contribution is 5.96. The molecule has 2 heterocycles. The molecule has 3 aromatic rings. The average Bonchev–Trinajstić information content (AvgIpc) is 3.18. The minimum absolute atomic E-state index is 0. The number of aromatic carboxylic acids is 1. The Labute approximate surface area is 269 Å². The second-order valence-corrected chi connectivity index (χ2v) is 12.1. The number of carboxylic acid groups (broad SMARTS) is 1. The van der Waals surface area contributed by atoms with Crippen LogP contribution in [0.1, 0.15) is 86.2 Å². The van der Waals surface area contributed by atoms with Crippen molar-refractivity contribution in [1.29, 1.82) is 0 Å². The number of rotatable bonds is 10. The first kappa shape index (κ1) is 34.8. The predicted molar refractivity (Wildman–Crippen MR) is 179 cm³/mol. The van der Waals surface area contributed by atoms with E-state index in [2.05, 4.69) is 53.1 Å². The Morgan fingerprint density at radius 1 is 0.791 bits per heavy atom. The van der Waals surface area contributed by atoms with Gasteiger partial charge in [0.05, 0.1) is 5.56 Å². The third-order valence-corrected chi connectivity index (χ3v) is 9.32. The first-order valence-corrected chi connectivity index (χ1v) is 15.3. The van der Waals surface area contributed by atoms with Crippen molar-refractivity contribution in [3.63, 3.8) is 0 Å². The zero-order chi connectivity index (χ0) is 28.8. The van der Waals surface area contributed by atoms with Crippen molar-refractivity contribution in [3.05, 3.63) is 105 Å². The van der Waals surface area contributed by atoms with Gasteiger partial charge in [-0.05, 0) is 117 Å². The maximum absolute atomic E-state index is 13.1. The Morgan fingerprint density at radius 2 is 1.47 bits per heavy atom. The Morgan fingerprint density at radius 3 is 2.19 bits per heavy atom. The van der Waals surface area contributed by atoms with Gasteiger partial charge >= 0.3 is 5.97 Å². The second-order valence-electron chi connectivity index (χ2n) is 12.1. The Balaban J connectivity index is 0.00000253. The van der Waals surface area contributed by atoms with E-state index in [4.69, 9.17) is 0 Å². The van der Waals surface area contributed by atoms with Crippen molar-refractivity contribution in [2.75, 3.05) is 26.2 Å². The third-order valence-electron chi connectivity index (χ3n) is 9.32. The predicted octanol–water partition coefficient (Wildman–Crippen LogP) is 7.71. The third kappa shape index (κ3) is 9.15. The van der Waals surface area contributed by atoms with Crippen LogP contribution in [0.25, 0.3) is 0 Å². The van der Waals surface area contributed by atoms with Gasteiger partial charge < -0.3 is 5.11 Å². The fraction of sp³-hybridized carbons (Fsp3) is 0.444. The molecule has 5 rings (SSSR count). The number of carboxylic acids is 1. The molecule has 1 saturated heterocycles. The molecular weight excluding hydrogens is 579 g/mol. The number of fused-ring (bicyclic) bond motifs is 1. The van der Waals surface area contributed by atoms with Gasteiger partial charge in [-0.3, -0.25) is 14.6 Å². The zero-order valence-corrected chi connectivity index (χ0v) is 27.2. The summed E-state index contributed by atoms with van der Waals surface area (Å²) in [5, 5.41) is 9.65. The monoisotopic (exact) mass is 624 g/mol. The van der Waals surface area contributed by atoms with E-state index in [1.54, 1.807) is 6.07 Å². The van der Waals surface area contributed by atoms with Gasteiger partial charge in [0.25, 0.3) is 0 Å². The van der Waals surface area contributed by atoms with Crippen LogP contribution in [0.15, 0.2) is 60.7 Å². The number of carbonyl (C=O) groups excluding carboxylic acids is 1. The largest absolute Gasteiger partial charge is 0.478 e. The van der Waals surface area contributed by atoms with E-state index < -0.39 is 5.97 Å². The first-order chi connectivity index (χ1) is 19.9. The molecule has 1 N–H and O–H groups in total. The maximum Gasteiger partial charge on any atom is 0.336 e. The molecule has 0 unspecified atom stereocenters. The lowest BCUT2D eigenvalue weighted by molar-refractivity contribution is 0.0694. The lowest BCUT2D eigenvalue weighted by Crippen LogP contribution is -2.33. The summed E-state index contributed by atoms with van der Waals surface area (Å²) in [4.78, 5) is 29.8. The highest BCUT2D eigenvalue weighted by atomic mass is 35.5. The van der Waals surface area contributed by atoms with E-state index >= 15 is 0 Å². The quantitative estimate of drug-likeness (QED) is 0.234. The minimum Gasteiger partial charge on any atom is -0.478 e. The highest BCUT2D eigenvalue weighted by Crippen LogP contribution is 2.26. The molecule has 2 aliphatic heterocycles. The molecule has 43 heavy (non-hydrogen) atoms. The van der Waals surface area contributed by atoms with Crippen LogP contribution in [0.5, 0.6) is 0 Å². The van der Waals surface area contributed by atoms with Gasteiger partial charge in [0.1, 0.15) is 0 Å². The standard InChI is InChI=1S/C36H44N2O3.2ClH/c1-26-7-3-4-10-32(26)24-37-19-15-28(16-20-37)9-6-12-35(39)31-14-13-29-17-21-38(22-18-30(29)23-31)25-34-27(2)8-5-11-33(34)36(40)41;;/h3-5,7-8,10-11,13-14,23,28H,6,9,12,15-22,24-25H2,1-2H3,(H,40,41);2*1H. The van der Waals surface area contributed by atoms with Crippen LogP contribution in [0.4, 0.5) is 0 Å². The summed E-state index contributed by atoms with van der Waals surface area (Å²) in [6, 6.07) is 20.5. The van der Waals surface area contributed by atoms with Crippen LogP contribution in [0.3, 0.4) is 0 Å². The molecule has 5 nitrogen and oxygen atoms in total. The molecule has 0 bridgehead atoms. The van der Waals surface area contributed by atoms with Crippen molar-refractivity contribution < 1.29 is 14.7 Å². The molecule has 0 aliphatic carbocycles. The van der Waals surface area contributed by atoms with Gasteiger partial charge in [0, 0.05) is 38.2 Å². The SMILES string of the molecule is Cc1ccccc1CN1CCC(CCCC(=O)c2ccc3c(c2)CCN(Cc2c(C)cccc2C(=O)O)CC3)CC1.Cl.Cl. The van der Waals surface area contributed by atoms with Crippen molar-refractivity contribution in [2.24, 2.45) is 5.92 Å². The summed E-state index contributed by atoms with van der Waals surface area (Å²) in [6.45, 7) is 9.91. The van der Waals surface area contributed by atoms with Gasteiger partial charge in [0.2, 0.25) is 0 Å². The lowest BCUT2D eigenvalue weighted by Gasteiger charge is -2.32. The molecule has 0 aromatic heterocycles. The number of piperidine rings is 1. The normalized spacial score (nSPS) is 16.0. The second kappa shape index (κ2) is 16.4. The number of benzene rings is 3. The van der Waals surface area contributed by atoms with Crippen LogP contribution < -0.4 is 0 Å². The van der Waals surface area contributed by atoms with Gasteiger partial charge in [0.15, 0.2) is 5.78 Å². The van der Waals surface area contributed by atoms with Crippen molar-refractivity contribution >= 4 is 36.6 Å². The van der Waals surface area contributed by atoms with Crippen LogP contribution in [0.2, 0.25) is 0 Å². The number of likely N-dealkylation sites (tertiary alicyclic amines) is 1. The molecule has 3 aromatic carbocycles. The van der Waals surface area contributed by atoms with E-state index in [-0.39, 0.29) is 30.6 Å². The minimum atomic E-state index is -0.867.